The molecule has 3 aromatic rings. The van der Waals surface area contributed by atoms with E-state index in [1.54, 1.807) is 17.5 Å². The van der Waals surface area contributed by atoms with Crippen LogP contribution in [0.1, 0.15) is 11.4 Å². The Bertz CT molecular complexity index is 922. The fourth-order valence-corrected chi connectivity index (χ4v) is 5.75. The largest absolute Gasteiger partial charge is 0.308 e. The van der Waals surface area contributed by atoms with Gasteiger partial charge in [0.15, 0.2) is 0 Å². The van der Waals surface area contributed by atoms with Crippen LogP contribution in [0.2, 0.25) is 0 Å². The second-order valence-electron chi connectivity index (χ2n) is 5.97. The molecule has 0 radical (unpaired) electrons. The summed E-state index contributed by atoms with van der Waals surface area (Å²) in [6, 6.07) is 13.3. The van der Waals surface area contributed by atoms with Crippen LogP contribution < -0.4 is 4.31 Å². The third-order valence-corrected chi connectivity index (χ3v) is 7.72. The predicted molar refractivity (Wildman–Crippen MR) is 107 cm³/mol. The molecule has 3 rings (SSSR count). The van der Waals surface area contributed by atoms with Gasteiger partial charge in [0.1, 0.15) is 10.0 Å². The van der Waals surface area contributed by atoms with Crippen molar-refractivity contribution in [2.24, 2.45) is 0 Å². The van der Waals surface area contributed by atoms with Gasteiger partial charge in [-0.3, -0.25) is 0 Å². The molecule has 0 saturated heterocycles. The van der Waals surface area contributed by atoms with Gasteiger partial charge in [-0.1, -0.05) is 36.4 Å². The molecule has 26 heavy (non-hydrogen) atoms. The van der Waals surface area contributed by atoms with Crippen LogP contribution in [0.25, 0.3) is 0 Å². The van der Waals surface area contributed by atoms with Gasteiger partial charge in [0.05, 0.1) is 0 Å². The van der Waals surface area contributed by atoms with E-state index in [-0.39, 0.29) is 0 Å². The van der Waals surface area contributed by atoms with E-state index in [1.807, 2.05) is 49.3 Å². The summed E-state index contributed by atoms with van der Waals surface area (Å²) < 4.78 is 32.1. The molecule has 6 nitrogen and oxygen atoms in total. The van der Waals surface area contributed by atoms with E-state index in [1.165, 1.54) is 15.6 Å². The Balaban J connectivity index is 1.88. The van der Waals surface area contributed by atoms with Gasteiger partial charge >= 0.3 is 0 Å². The van der Waals surface area contributed by atoms with Crippen LogP contribution in [0, 0.1) is 0 Å². The van der Waals surface area contributed by atoms with Crippen molar-refractivity contribution in [3.05, 3.63) is 59.2 Å². The Labute approximate surface area is 162 Å². The van der Waals surface area contributed by atoms with Crippen LogP contribution in [0.5, 0.6) is 0 Å². The van der Waals surface area contributed by atoms with E-state index in [9.17, 15) is 8.42 Å². The number of anilines is 1. The van der Waals surface area contributed by atoms with E-state index in [2.05, 4.69) is 9.36 Å². The van der Waals surface area contributed by atoms with Gasteiger partial charge < -0.3 is 4.90 Å². The highest BCUT2D eigenvalue weighted by Crippen LogP contribution is 2.28. The van der Waals surface area contributed by atoms with Crippen LogP contribution in [-0.4, -0.2) is 49.9 Å². The lowest BCUT2D eigenvalue weighted by molar-refractivity contribution is 0.419. The average molecular weight is 409 g/mol. The Kier molecular flexibility index (Phi) is 6.02. The molecule has 0 aliphatic carbocycles. The second-order valence-corrected chi connectivity index (χ2v) is 9.74. The Morgan fingerprint density at radius 2 is 1.81 bits per heavy atom. The summed E-state index contributed by atoms with van der Waals surface area (Å²) in [6.07, 6.45) is 0.581. The van der Waals surface area contributed by atoms with Crippen molar-refractivity contribution in [3.8, 4) is 0 Å². The molecule has 2 aromatic heterocycles. The number of hydrogen-bond donors (Lipinski definition) is 0. The van der Waals surface area contributed by atoms with Crippen LogP contribution in [0.4, 0.5) is 5.13 Å². The normalized spacial score (nSPS) is 11.8. The minimum atomic E-state index is -3.63. The number of sulfonamides is 1. The number of benzene rings is 1. The third kappa shape index (κ3) is 4.47. The maximum absolute atomic E-state index is 13.0. The molecule has 0 bridgehead atoms. The third-order valence-electron chi connectivity index (χ3n) is 3.67. The summed E-state index contributed by atoms with van der Waals surface area (Å²) in [4.78, 5) is 6.45. The molecule has 0 aliphatic rings. The molecule has 1 aromatic carbocycles. The smallest absolute Gasteiger partial charge is 0.275 e. The molecule has 0 spiro atoms. The van der Waals surface area contributed by atoms with Gasteiger partial charge in [-0.05, 0) is 31.1 Å². The van der Waals surface area contributed by atoms with Crippen molar-refractivity contribution < 1.29 is 8.42 Å². The van der Waals surface area contributed by atoms with E-state index >= 15 is 0 Å². The molecule has 0 amide bonds. The van der Waals surface area contributed by atoms with Crippen LogP contribution in [-0.2, 0) is 16.4 Å². The Morgan fingerprint density at radius 1 is 1.04 bits per heavy atom. The van der Waals surface area contributed by atoms with Crippen LogP contribution in [0.15, 0.2) is 52.1 Å². The molecule has 138 valence electrons. The lowest BCUT2D eigenvalue weighted by atomic mass is 10.1. The molecule has 9 heteroatoms. The quantitative estimate of drug-likeness (QED) is 0.573. The zero-order valence-corrected chi connectivity index (χ0v) is 17.0. The zero-order chi connectivity index (χ0) is 18.6. The number of hydrogen-bond acceptors (Lipinski definition) is 7. The molecule has 0 N–H and O–H groups in total. The van der Waals surface area contributed by atoms with Crippen molar-refractivity contribution in [1.82, 2.24) is 14.3 Å². The summed E-state index contributed by atoms with van der Waals surface area (Å²) in [5, 5.41) is 2.17. The summed E-state index contributed by atoms with van der Waals surface area (Å²) in [6.45, 7) is 0.922. The summed E-state index contributed by atoms with van der Waals surface area (Å²) in [5.74, 6) is 0.632. The van der Waals surface area contributed by atoms with E-state index in [0.717, 1.165) is 17.1 Å². The summed E-state index contributed by atoms with van der Waals surface area (Å²) in [5.41, 5.74) is 1.10. The molecular weight excluding hydrogens is 388 g/mol. The first-order valence-electron chi connectivity index (χ1n) is 8.04. The lowest BCUT2D eigenvalue weighted by Gasteiger charge is -2.22. The number of nitrogens with zero attached hydrogens (tertiary/aromatic N) is 4. The maximum atomic E-state index is 13.0. The Morgan fingerprint density at radius 3 is 2.46 bits per heavy atom. The molecular formula is C17H20N4O2S3. The fraction of sp³-hybridized carbons (Fsp3) is 0.294. The number of thiophene rings is 1. The van der Waals surface area contributed by atoms with Crippen molar-refractivity contribution >= 4 is 38.0 Å². The number of aromatic nitrogens is 2. The number of likely N-dealkylation sites (N-methyl/N-ethyl adjacent to an activating group) is 1. The SMILES string of the molecule is CN(C)CCN(c1nc(Cc2ccccc2)ns1)S(=O)(=O)c1cccs1. The molecule has 0 fully saturated rings. The standard InChI is InChI=1S/C17H20N4O2S3/c1-20(2)10-11-21(26(22,23)16-9-6-12-24-16)17-18-15(19-25-17)13-14-7-4-3-5-8-14/h3-9,12H,10-11,13H2,1-2H3. The van der Waals surface area contributed by atoms with Crippen LogP contribution in [0.3, 0.4) is 0 Å². The maximum Gasteiger partial charge on any atom is 0.275 e. The van der Waals surface area contributed by atoms with Gasteiger partial charge in [-0.25, -0.2) is 17.7 Å². The minimum absolute atomic E-state index is 0.316. The zero-order valence-electron chi connectivity index (χ0n) is 14.6. The van der Waals surface area contributed by atoms with E-state index in [0.29, 0.717) is 34.7 Å². The van der Waals surface area contributed by atoms with Gasteiger partial charge in [0.2, 0.25) is 5.13 Å². The van der Waals surface area contributed by atoms with Crippen molar-refractivity contribution in [2.45, 2.75) is 10.6 Å². The average Bonchev–Trinajstić information content (AvgIpc) is 3.28. The van der Waals surface area contributed by atoms with Crippen molar-refractivity contribution in [2.75, 3.05) is 31.5 Å². The number of rotatable bonds is 8. The molecule has 0 saturated carbocycles. The minimum Gasteiger partial charge on any atom is -0.308 e. The molecule has 0 atom stereocenters. The van der Waals surface area contributed by atoms with E-state index < -0.39 is 10.0 Å². The second kappa shape index (κ2) is 8.26. The molecule has 0 unspecified atom stereocenters. The lowest BCUT2D eigenvalue weighted by Crippen LogP contribution is -2.36. The summed E-state index contributed by atoms with van der Waals surface area (Å²) >= 11 is 2.33. The highest BCUT2D eigenvalue weighted by Gasteiger charge is 2.28. The monoisotopic (exact) mass is 408 g/mol. The first-order chi connectivity index (χ1) is 12.5. The van der Waals surface area contributed by atoms with Crippen molar-refractivity contribution in [3.63, 3.8) is 0 Å². The molecule has 0 aliphatic heterocycles. The van der Waals surface area contributed by atoms with Gasteiger partial charge in [0, 0.05) is 31.0 Å². The highest BCUT2D eigenvalue weighted by atomic mass is 32.2. The van der Waals surface area contributed by atoms with Crippen LogP contribution >= 0.6 is 22.9 Å². The first-order valence-corrected chi connectivity index (χ1v) is 11.1. The Hall–Kier alpha value is -1.81. The molecule has 2 heterocycles. The van der Waals surface area contributed by atoms with Gasteiger partial charge in [0.25, 0.3) is 10.0 Å². The topological polar surface area (TPSA) is 66.4 Å². The summed E-state index contributed by atoms with van der Waals surface area (Å²) in [7, 11) is 0.194. The fourth-order valence-electron chi connectivity index (χ4n) is 2.32. The highest BCUT2D eigenvalue weighted by molar-refractivity contribution is 7.94. The van der Waals surface area contributed by atoms with Crippen molar-refractivity contribution in [1.29, 1.82) is 0 Å². The first kappa shape index (κ1) is 19.0. The predicted octanol–water partition coefficient (Wildman–Crippen LogP) is 2.95. The van der Waals surface area contributed by atoms with Gasteiger partial charge in [-0.2, -0.15) is 4.37 Å². The van der Waals surface area contributed by atoms with E-state index in [4.69, 9.17) is 0 Å². The van der Waals surface area contributed by atoms with Gasteiger partial charge in [-0.15, -0.1) is 11.3 Å².